The molecule has 0 amide bonds. The van der Waals surface area contributed by atoms with Gasteiger partial charge in [0, 0.05) is 6.42 Å². The molecule has 0 aliphatic carbocycles. The summed E-state index contributed by atoms with van der Waals surface area (Å²) in [5.74, 6) is -0.598. The summed E-state index contributed by atoms with van der Waals surface area (Å²) in [5, 5.41) is 0.349. The number of furan rings is 1. The summed E-state index contributed by atoms with van der Waals surface area (Å²) in [5.41, 5.74) is 0.756. The normalized spacial score (nSPS) is 11.0. The van der Waals surface area contributed by atoms with Crippen molar-refractivity contribution >= 4 is 16.8 Å². The first kappa shape index (κ1) is 20.6. The van der Waals surface area contributed by atoms with Gasteiger partial charge in [-0.2, -0.15) is 0 Å². The average Bonchev–Trinajstić information content (AvgIpc) is 3.25. The molecule has 6 heteroatoms. The molecule has 0 atom stereocenters. The van der Waals surface area contributed by atoms with Crippen molar-refractivity contribution in [2.45, 2.75) is 26.2 Å². The molecule has 2 aromatic heterocycles. The molecule has 4 aromatic rings. The number of unbranched alkanes of at least 4 members (excludes halogenated alkanes) is 1. The second-order valence-electron chi connectivity index (χ2n) is 7.19. The minimum Gasteiger partial charge on any atom is -0.486 e. The number of hydrogen-bond donors (Lipinski definition) is 0. The summed E-state index contributed by atoms with van der Waals surface area (Å²) in [6, 6.07) is 16.0. The van der Waals surface area contributed by atoms with Gasteiger partial charge < -0.3 is 13.6 Å². The van der Waals surface area contributed by atoms with E-state index in [1.165, 1.54) is 18.2 Å². The number of ketones is 1. The molecule has 0 spiro atoms. The molecule has 4 rings (SSSR count). The zero-order valence-corrected chi connectivity index (χ0v) is 17.0. The summed E-state index contributed by atoms with van der Waals surface area (Å²) in [7, 11) is 0. The molecule has 0 unspecified atom stereocenters. The summed E-state index contributed by atoms with van der Waals surface area (Å²) < 4.78 is 30.3. The molecule has 0 radical (unpaired) electrons. The summed E-state index contributed by atoms with van der Waals surface area (Å²) in [6.07, 6.45) is 2.02. The van der Waals surface area contributed by atoms with E-state index < -0.39 is 5.78 Å². The molecule has 2 aromatic carbocycles. The smallest absolute Gasteiger partial charge is 0.267 e. The fraction of sp³-hybridized carbons (Fsp3) is 0.200. The number of hydrogen-bond acceptors (Lipinski definition) is 5. The van der Waals surface area contributed by atoms with Gasteiger partial charge in [0.05, 0.1) is 12.0 Å². The second-order valence-corrected chi connectivity index (χ2v) is 7.19. The van der Waals surface area contributed by atoms with Crippen molar-refractivity contribution in [2.24, 2.45) is 0 Å². The molecule has 0 aliphatic heterocycles. The summed E-state index contributed by atoms with van der Waals surface area (Å²) in [4.78, 5) is 26.1. The Morgan fingerprint density at radius 2 is 1.77 bits per heavy atom. The van der Waals surface area contributed by atoms with Crippen LogP contribution in [0.3, 0.4) is 0 Å². The first-order valence-corrected chi connectivity index (χ1v) is 10.1. The molecule has 31 heavy (non-hydrogen) atoms. The summed E-state index contributed by atoms with van der Waals surface area (Å²) in [6.45, 7) is 2.30. The van der Waals surface area contributed by atoms with Crippen LogP contribution in [0.4, 0.5) is 4.39 Å². The van der Waals surface area contributed by atoms with E-state index in [0.29, 0.717) is 29.8 Å². The lowest BCUT2D eigenvalue weighted by Gasteiger charge is -2.10. The number of carbonyl (C=O) groups excluding carboxylic acids is 1. The molecule has 0 N–H and O–H groups in total. The molecule has 0 fully saturated rings. The Morgan fingerprint density at radius 1 is 1.00 bits per heavy atom. The van der Waals surface area contributed by atoms with Gasteiger partial charge in [0.15, 0.2) is 5.76 Å². The number of para-hydroxylation sites is 1. The van der Waals surface area contributed by atoms with Gasteiger partial charge in [-0.1, -0.05) is 37.6 Å². The van der Waals surface area contributed by atoms with Gasteiger partial charge in [-0.15, -0.1) is 0 Å². The Balaban J connectivity index is 1.68. The molecule has 0 aliphatic rings. The standard InChI is InChI=1S/C25H21FO5/c1-2-3-14-29-24-22(27)19-6-4-5-7-20(19)31-25(24)23(28)21-13-12-18(30-21)15-16-8-10-17(26)11-9-16/h4-13H,2-3,14-15H2,1H3. The van der Waals surface area contributed by atoms with E-state index >= 15 is 0 Å². The number of rotatable bonds is 8. The third-order valence-electron chi connectivity index (χ3n) is 4.88. The van der Waals surface area contributed by atoms with Gasteiger partial charge in [0.1, 0.15) is 17.2 Å². The maximum absolute atomic E-state index is 13.2. The van der Waals surface area contributed by atoms with Crippen LogP contribution in [0.1, 0.15) is 47.4 Å². The Hall–Kier alpha value is -3.67. The van der Waals surface area contributed by atoms with Crippen molar-refractivity contribution in [1.82, 2.24) is 0 Å². The van der Waals surface area contributed by atoms with Crippen molar-refractivity contribution in [3.8, 4) is 5.75 Å². The highest BCUT2D eigenvalue weighted by Crippen LogP contribution is 2.25. The summed E-state index contributed by atoms with van der Waals surface area (Å²) >= 11 is 0. The quantitative estimate of drug-likeness (QED) is 0.277. The lowest BCUT2D eigenvalue weighted by Crippen LogP contribution is -2.15. The average molecular weight is 420 g/mol. The fourth-order valence-corrected chi connectivity index (χ4v) is 3.23. The maximum atomic E-state index is 13.2. The lowest BCUT2D eigenvalue weighted by molar-refractivity contribution is 0.0975. The number of halogens is 1. The van der Waals surface area contributed by atoms with Gasteiger partial charge in [0.2, 0.25) is 16.9 Å². The SMILES string of the molecule is CCCCOc1c(C(=O)c2ccc(Cc3ccc(F)cc3)o2)oc2ccccc2c1=O. The first-order chi connectivity index (χ1) is 15.1. The molecule has 158 valence electrons. The molecule has 0 saturated heterocycles. The predicted octanol–water partition coefficient (Wildman–Crippen LogP) is 5.53. The van der Waals surface area contributed by atoms with Crippen LogP contribution in [0.5, 0.6) is 5.75 Å². The Bertz CT molecular complexity index is 1270. The molecule has 0 bridgehead atoms. The zero-order chi connectivity index (χ0) is 21.8. The van der Waals surface area contributed by atoms with Crippen LogP contribution in [0, 0.1) is 5.82 Å². The van der Waals surface area contributed by atoms with Crippen molar-refractivity contribution in [3.63, 3.8) is 0 Å². The Kier molecular flexibility index (Phi) is 5.98. The third kappa shape index (κ3) is 4.43. The van der Waals surface area contributed by atoms with Crippen molar-refractivity contribution in [1.29, 1.82) is 0 Å². The topological polar surface area (TPSA) is 69.7 Å². The van der Waals surface area contributed by atoms with E-state index in [2.05, 4.69) is 0 Å². The van der Waals surface area contributed by atoms with Gasteiger partial charge in [-0.05, 0) is 48.4 Å². The highest BCUT2D eigenvalue weighted by Gasteiger charge is 2.25. The lowest BCUT2D eigenvalue weighted by atomic mass is 10.1. The highest BCUT2D eigenvalue weighted by molar-refractivity contribution is 6.07. The van der Waals surface area contributed by atoms with E-state index in [4.69, 9.17) is 13.6 Å². The second kappa shape index (κ2) is 9.00. The molecular weight excluding hydrogens is 399 g/mol. The number of fused-ring (bicyclic) bond motifs is 1. The number of carbonyl (C=O) groups is 1. The van der Waals surface area contributed by atoms with Crippen LogP contribution in [0.15, 0.2) is 74.3 Å². The molecule has 2 heterocycles. The van der Waals surface area contributed by atoms with Crippen molar-refractivity contribution in [2.75, 3.05) is 6.61 Å². The van der Waals surface area contributed by atoms with Crippen LogP contribution < -0.4 is 10.2 Å². The van der Waals surface area contributed by atoms with Crippen LogP contribution in [0.2, 0.25) is 0 Å². The Labute approximate surface area is 178 Å². The first-order valence-electron chi connectivity index (χ1n) is 10.1. The predicted molar refractivity (Wildman–Crippen MR) is 114 cm³/mol. The van der Waals surface area contributed by atoms with Gasteiger partial charge >= 0.3 is 0 Å². The van der Waals surface area contributed by atoms with Crippen LogP contribution in [-0.2, 0) is 6.42 Å². The number of ether oxygens (including phenoxy) is 1. The van der Waals surface area contributed by atoms with E-state index in [1.54, 1.807) is 42.5 Å². The molecule has 0 saturated carbocycles. The third-order valence-corrected chi connectivity index (χ3v) is 4.88. The maximum Gasteiger partial charge on any atom is 0.267 e. The highest BCUT2D eigenvalue weighted by atomic mass is 19.1. The zero-order valence-electron chi connectivity index (χ0n) is 17.0. The monoisotopic (exact) mass is 420 g/mol. The van der Waals surface area contributed by atoms with Gasteiger partial charge in [-0.25, -0.2) is 4.39 Å². The minimum absolute atomic E-state index is 0.0379. The van der Waals surface area contributed by atoms with Gasteiger partial charge in [0.25, 0.3) is 5.78 Å². The number of benzene rings is 2. The van der Waals surface area contributed by atoms with Crippen LogP contribution in [0.25, 0.3) is 11.0 Å². The van der Waals surface area contributed by atoms with E-state index in [-0.39, 0.29) is 28.5 Å². The van der Waals surface area contributed by atoms with E-state index in [1.807, 2.05) is 6.92 Å². The van der Waals surface area contributed by atoms with Crippen molar-refractivity contribution in [3.05, 3.63) is 99.5 Å². The van der Waals surface area contributed by atoms with Gasteiger partial charge in [-0.3, -0.25) is 9.59 Å². The Morgan fingerprint density at radius 3 is 2.55 bits per heavy atom. The molecule has 5 nitrogen and oxygen atoms in total. The van der Waals surface area contributed by atoms with E-state index in [9.17, 15) is 14.0 Å². The fourth-order valence-electron chi connectivity index (χ4n) is 3.23. The van der Waals surface area contributed by atoms with Crippen molar-refractivity contribution < 1.29 is 22.8 Å². The minimum atomic E-state index is -0.570. The van der Waals surface area contributed by atoms with E-state index in [0.717, 1.165) is 18.4 Å². The van der Waals surface area contributed by atoms with Crippen LogP contribution >= 0.6 is 0 Å². The largest absolute Gasteiger partial charge is 0.486 e. The van der Waals surface area contributed by atoms with Crippen LogP contribution in [-0.4, -0.2) is 12.4 Å². The molecular formula is C25H21FO5.